The Labute approximate surface area is 162 Å². The van der Waals surface area contributed by atoms with Crippen molar-refractivity contribution in [3.8, 4) is 0 Å². The lowest BCUT2D eigenvalue weighted by Gasteiger charge is -2.34. The van der Waals surface area contributed by atoms with Crippen molar-refractivity contribution in [3.63, 3.8) is 0 Å². The molecule has 3 heterocycles. The lowest BCUT2D eigenvalue weighted by molar-refractivity contribution is 0.0148. The van der Waals surface area contributed by atoms with Crippen LogP contribution >= 0.6 is 0 Å². The van der Waals surface area contributed by atoms with Gasteiger partial charge in [-0.2, -0.15) is 0 Å². The maximum absolute atomic E-state index is 12.7. The van der Waals surface area contributed by atoms with Crippen LogP contribution in [0.4, 0.5) is 0 Å². The number of aromatic nitrogens is 1. The molecule has 1 aliphatic heterocycles. The minimum absolute atomic E-state index is 0.000322. The van der Waals surface area contributed by atoms with Crippen LogP contribution in [0.1, 0.15) is 22.1 Å². The van der Waals surface area contributed by atoms with Crippen LogP contribution in [-0.2, 0) is 11.8 Å². The third-order valence-electron chi connectivity index (χ3n) is 5.15. The molecule has 1 atom stereocenters. The quantitative estimate of drug-likeness (QED) is 0.684. The van der Waals surface area contributed by atoms with E-state index < -0.39 is 11.5 Å². The molecule has 0 radical (unpaired) electrons. The molecule has 1 unspecified atom stereocenters. The van der Waals surface area contributed by atoms with Crippen molar-refractivity contribution < 1.29 is 13.9 Å². The summed E-state index contributed by atoms with van der Waals surface area (Å²) in [6.07, 6.45) is 1.99. The summed E-state index contributed by atoms with van der Waals surface area (Å²) in [5, 5.41) is 3.64. The molecule has 1 fully saturated rings. The van der Waals surface area contributed by atoms with E-state index in [-0.39, 0.29) is 11.6 Å². The van der Waals surface area contributed by atoms with E-state index in [0.717, 1.165) is 24.2 Å². The molecule has 7 heteroatoms. The molecule has 3 aromatic rings. The molecule has 2 aromatic heterocycles. The summed E-state index contributed by atoms with van der Waals surface area (Å²) >= 11 is 0. The van der Waals surface area contributed by atoms with E-state index in [9.17, 15) is 9.59 Å². The Kier molecular flexibility index (Phi) is 5.27. The molecule has 1 N–H and O–H groups in total. The molecule has 0 aliphatic carbocycles. The van der Waals surface area contributed by atoms with Crippen LogP contribution in [0.15, 0.2) is 57.9 Å². The maximum Gasteiger partial charge on any atom is 0.349 e. The van der Waals surface area contributed by atoms with Crippen molar-refractivity contribution >= 4 is 16.9 Å². The summed E-state index contributed by atoms with van der Waals surface area (Å²) in [5.41, 5.74) is 0.969. The highest BCUT2D eigenvalue weighted by Crippen LogP contribution is 2.21. The second-order valence-electron chi connectivity index (χ2n) is 6.90. The van der Waals surface area contributed by atoms with E-state index in [0.29, 0.717) is 25.3 Å². The van der Waals surface area contributed by atoms with Gasteiger partial charge in [-0.15, -0.1) is 0 Å². The average molecular weight is 381 g/mol. The number of para-hydroxylation sites is 1. The fourth-order valence-electron chi connectivity index (χ4n) is 3.64. The first kappa shape index (κ1) is 18.5. The summed E-state index contributed by atoms with van der Waals surface area (Å²) in [6, 6.07) is 12.8. The molecule has 146 valence electrons. The second-order valence-corrected chi connectivity index (χ2v) is 6.90. The first-order chi connectivity index (χ1) is 13.6. The zero-order valence-corrected chi connectivity index (χ0v) is 15.8. The molecular formula is C21H23N3O4. The number of carbonyl (C=O) groups is 1. The number of fused-ring (bicyclic) bond motifs is 1. The Hall–Kier alpha value is -2.90. The van der Waals surface area contributed by atoms with Gasteiger partial charge in [-0.1, -0.05) is 18.2 Å². The maximum atomic E-state index is 12.7. The molecule has 0 saturated carbocycles. The van der Waals surface area contributed by atoms with Gasteiger partial charge in [0.05, 0.1) is 19.3 Å². The molecule has 0 bridgehead atoms. The van der Waals surface area contributed by atoms with Gasteiger partial charge in [0.2, 0.25) is 0 Å². The normalized spacial score (nSPS) is 16.2. The number of aryl methyl sites for hydroxylation is 1. The number of nitrogens with zero attached hydrogens (tertiary/aromatic N) is 2. The Morgan fingerprint density at radius 2 is 1.96 bits per heavy atom. The summed E-state index contributed by atoms with van der Waals surface area (Å²) < 4.78 is 12.8. The van der Waals surface area contributed by atoms with Gasteiger partial charge >= 0.3 is 5.63 Å². The summed E-state index contributed by atoms with van der Waals surface area (Å²) in [4.78, 5) is 27.3. The Morgan fingerprint density at radius 3 is 2.71 bits per heavy atom. The van der Waals surface area contributed by atoms with Gasteiger partial charge in [0.15, 0.2) is 0 Å². The SMILES string of the molecule is Cn1cccc1C(CNC(=O)c1cc2ccccc2oc1=O)N1CCOCC1. The van der Waals surface area contributed by atoms with Crippen LogP contribution < -0.4 is 10.9 Å². The zero-order valence-electron chi connectivity index (χ0n) is 15.8. The first-order valence-corrected chi connectivity index (χ1v) is 9.37. The van der Waals surface area contributed by atoms with Gasteiger partial charge in [-0.25, -0.2) is 4.79 Å². The third kappa shape index (κ3) is 3.72. The fraction of sp³-hybridized carbons (Fsp3) is 0.333. The predicted octanol–water partition coefficient (Wildman–Crippen LogP) is 1.93. The molecule has 28 heavy (non-hydrogen) atoms. The van der Waals surface area contributed by atoms with Crippen LogP contribution in [0.5, 0.6) is 0 Å². The Morgan fingerprint density at radius 1 is 1.18 bits per heavy atom. The van der Waals surface area contributed by atoms with Crippen LogP contribution in [0.2, 0.25) is 0 Å². The van der Waals surface area contributed by atoms with E-state index in [4.69, 9.17) is 9.15 Å². The molecule has 4 rings (SSSR count). The van der Waals surface area contributed by atoms with Crippen LogP contribution in [0, 0.1) is 0 Å². The first-order valence-electron chi connectivity index (χ1n) is 9.37. The highest BCUT2D eigenvalue weighted by molar-refractivity contribution is 5.96. The van der Waals surface area contributed by atoms with Gasteiger partial charge in [0.25, 0.3) is 5.91 Å². The van der Waals surface area contributed by atoms with E-state index in [1.54, 1.807) is 18.2 Å². The molecule has 1 saturated heterocycles. The third-order valence-corrected chi connectivity index (χ3v) is 5.15. The van der Waals surface area contributed by atoms with Crippen LogP contribution in [-0.4, -0.2) is 48.2 Å². The number of morpholine rings is 1. The van der Waals surface area contributed by atoms with Gasteiger partial charge in [-0.05, 0) is 24.3 Å². The lowest BCUT2D eigenvalue weighted by atomic mass is 10.1. The van der Waals surface area contributed by atoms with E-state index >= 15 is 0 Å². The van der Waals surface area contributed by atoms with Crippen molar-refractivity contribution in [2.24, 2.45) is 7.05 Å². The minimum Gasteiger partial charge on any atom is -0.422 e. The number of amides is 1. The van der Waals surface area contributed by atoms with E-state index in [1.807, 2.05) is 31.4 Å². The summed E-state index contributed by atoms with van der Waals surface area (Å²) in [7, 11) is 1.99. The monoisotopic (exact) mass is 381 g/mol. The smallest absolute Gasteiger partial charge is 0.349 e. The highest BCUT2D eigenvalue weighted by atomic mass is 16.5. The summed E-state index contributed by atoms with van der Waals surface area (Å²) in [6.45, 7) is 3.32. The number of ether oxygens (including phenoxy) is 1. The highest BCUT2D eigenvalue weighted by Gasteiger charge is 2.25. The van der Waals surface area contributed by atoms with Crippen LogP contribution in [0.3, 0.4) is 0 Å². The zero-order chi connectivity index (χ0) is 19.5. The van der Waals surface area contributed by atoms with Crippen molar-refractivity contribution in [3.05, 3.63) is 70.3 Å². The molecule has 1 aliphatic rings. The molecule has 7 nitrogen and oxygen atoms in total. The number of hydrogen-bond acceptors (Lipinski definition) is 5. The number of rotatable bonds is 5. The second kappa shape index (κ2) is 8.00. The predicted molar refractivity (Wildman–Crippen MR) is 105 cm³/mol. The van der Waals surface area contributed by atoms with E-state index in [1.165, 1.54) is 0 Å². The molecule has 0 spiro atoms. The standard InChI is InChI=1S/C21H23N3O4/c1-23-8-4-6-17(23)18(24-9-11-27-12-10-24)14-22-20(25)16-13-15-5-2-3-7-19(15)28-21(16)26/h2-8,13,18H,9-12,14H2,1H3,(H,22,25). The van der Waals surface area contributed by atoms with Gasteiger partial charge in [0.1, 0.15) is 11.1 Å². The molecule has 1 amide bonds. The van der Waals surface area contributed by atoms with Crippen molar-refractivity contribution in [1.82, 2.24) is 14.8 Å². The number of benzene rings is 1. The van der Waals surface area contributed by atoms with Crippen molar-refractivity contribution in [2.45, 2.75) is 6.04 Å². The van der Waals surface area contributed by atoms with Crippen molar-refractivity contribution in [1.29, 1.82) is 0 Å². The topological polar surface area (TPSA) is 76.7 Å². The fourth-order valence-corrected chi connectivity index (χ4v) is 3.64. The number of hydrogen-bond donors (Lipinski definition) is 1. The minimum atomic E-state index is -0.627. The largest absolute Gasteiger partial charge is 0.422 e. The number of carbonyl (C=O) groups excluding carboxylic acids is 1. The Balaban J connectivity index is 1.55. The van der Waals surface area contributed by atoms with Crippen LogP contribution in [0.25, 0.3) is 11.0 Å². The lowest BCUT2D eigenvalue weighted by Crippen LogP contribution is -2.44. The summed E-state index contributed by atoms with van der Waals surface area (Å²) in [5.74, 6) is -0.424. The van der Waals surface area contributed by atoms with Gasteiger partial charge in [0, 0.05) is 44.0 Å². The molecule has 1 aromatic carbocycles. The van der Waals surface area contributed by atoms with Gasteiger partial charge in [-0.3, -0.25) is 9.69 Å². The Bertz CT molecular complexity index is 1030. The van der Waals surface area contributed by atoms with Gasteiger partial charge < -0.3 is 19.0 Å². The van der Waals surface area contributed by atoms with E-state index in [2.05, 4.69) is 20.9 Å². The molecular weight excluding hydrogens is 358 g/mol. The number of nitrogens with one attached hydrogen (secondary N) is 1. The van der Waals surface area contributed by atoms with Crippen molar-refractivity contribution in [2.75, 3.05) is 32.8 Å². The average Bonchev–Trinajstić information content (AvgIpc) is 3.14.